The third-order valence-corrected chi connectivity index (χ3v) is 2.28. The number of rotatable bonds is 3. The number of hydrogen-bond acceptors (Lipinski definition) is 2. The van der Waals surface area contributed by atoms with Crippen LogP contribution in [-0.4, -0.2) is 36.5 Å². The van der Waals surface area contributed by atoms with Crippen LogP contribution in [0.25, 0.3) is 0 Å². The normalized spacial score (nSPS) is 11.0. The largest absolute Gasteiger partial charge is 0.406 e. The Hall–Kier alpha value is -2.05. The number of nitrogens with one attached hydrogen (secondary N) is 1. The summed E-state index contributed by atoms with van der Waals surface area (Å²) in [6, 6.07) is 5.10. The first-order valence-electron chi connectivity index (χ1n) is 5.39. The van der Waals surface area contributed by atoms with Gasteiger partial charge in [0.2, 0.25) is 0 Å². The van der Waals surface area contributed by atoms with Gasteiger partial charge in [0.1, 0.15) is 6.54 Å². The minimum atomic E-state index is -4.45. The van der Waals surface area contributed by atoms with Crippen LogP contribution in [0.1, 0.15) is 17.3 Å². The van der Waals surface area contributed by atoms with Gasteiger partial charge in [0.05, 0.1) is 0 Å². The molecule has 0 aliphatic rings. The fourth-order valence-corrected chi connectivity index (χ4v) is 1.38. The average Bonchev–Trinajstić information content (AvgIpc) is 2.27. The molecular formula is C12H13F3N2O2. The maximum atomic E-state index is 12.1. The minimum Gasteiger partial charge on any atom is -0.318 e. The van der Waals surface area contributed by atoms with E-state index < -0.39 is 18.8 Å². The quantitative estimate of drug-likeness (QED) is 0.861. The van der Waals surface area contributed by atoms with Gasteiger partial charge < -0.3 is 10.2 Å². The molecule has 0 spiro atoms. The smallest absolute Gasteiger partial charge is 0.318 e. The van der Waals surface area contributed by atoms with Crippen LogP contribution in [0.4, 0.5) is 23.7 Å². The minimum absolute atomic E-state index is 0.195. The van der Waals surface area contributed by atoms with Crippen molar-refractivity contribution in [3.05, 3.63) is 29.8 Å². The van der Waals surface area contributed by atoms with Crippen molar-refractivity contribution in [2.45, 2.75) is 13.1 Å². The number of carbonyl (C=O) groups excluding carboxylic acids is 2. The summed E-state index contributed by atoms with van der Waals surface area (Å²) < 4.78 is 36.3. The number of urea groups is 1. The third kappa shape index (κ3) is 4.99. The number of benzene rings is 1. The first kappa shape index (κ1) is 15.0. The Morgan fingerprint density at radius 2 is 1.95 bits per heavy atom. The standard InChI is InChI=1S/C12H13F3N2O2/c1-8(18)9-4-3-5-10(6-9)16-11(19)17(2)7-12(13,14)15/h3-6H,7H2,1-2H3,(H,16,19). The highest BCUT2D eigenvalue weighted by atomic mass is 19.4. The molecule has 0 aromatic heterocycles. The summed E-state index contributed by atoms with van der Waals surface area (Å²) in [6.07, 6.45) is -4.45. The molecule has 1 aromatic rings. The molecule has 19 heavy (non-hydrogen) atoms. The summed E-state index contributed by atoms with van der Waals surface area (Å²) in [7, 11) is 1.04. The number of Topliss-reactive ketones (excluding diaryl/α,β-unsaturated/α-hetero) is 1. The Labute approximate surface area is 108 Å². The molecule has 104 valence electrons. The van der Waals surface area contributed by atoms with Crippen molar-refractivity contribution in [3.8, 4) is 0 Å². The lowest BCUT2D eigenvalue weighted by Crippen LogP contribution is -2.38. The lowest BCUT2D eigenvalue weighted by atomic mass is 10.1. The molecule has 7 heteroatoms. The van der Waals surface area contributed by atoms with Crippen LogP contribution < -0.4 is 5.32 Å². The van der Waals surface area contributed by atoms with E-state index in [0.717, 1.165) is 7.05 Å². The van der Waals surface area contributed by atoms with Gasteiger partial charge in [-0.3, -0.25) is 4.79 Å². The molecule has 4 nitrogen and oxygen atoms in total. The van der Waals surface area contributed by atoms with E-state index in [2.05, 4.69) is 5.32 Å². The molecule has 0 unspecified atom stereocenters. The molecule has 1 N–H and O–H groups in total. The zero-order valence-electron chi connectivity index (χ0n) is 10.4. The van der Waals surface area contributed by atoms with E-state index in [1.54, 1.807) is 6.07 Å². The molecule has 0 saturated heterocycles. The number of amides is 2. The molecular weight excluding hydrogens is 261 g/mol. The highest BCUT2D eigenvalue weighted by molar-refractivity contribution is 5.96. The number of alkyl halides is 3. The first-order valence-corrected chi connectivity index (χ1v) is 5.39. The maximum absolute atomic E-state index is 12.1. The van der Waals surface area contributed by atoms with Crippen molar-refractivity contribution in [2.75, 3.05) is 18.9 Å². The van der Waals surface area contributed by atoms with Crippen molar-refractivity contribution in [1.29, 1.82) is 0 Å². The van der Waals surface area contributed by atoms with Gasteiger partial charge in [-0.25, -0.2) is 4.79 Å². The van der Waals surface area contributed by atoms with Crippen LogP contribution in [0.3, 0.4) is 0 Å². The Bertz CT molecular complexity index is 486. The van der Waals surface area contributed by atoms with Crippen LogP contribution >= 0.6 is 0 Å². The number of halogens is 3. The van der Waals surface area contributed by atoms with Crippen LogP contribution in [0, 0.1) is 0 Å². The SMILES string of the molecule is CC(=O)c1cccc(NC(=O)N(C)CC(F)(F)F)c1. The van der Waals surface area contributed by atoms with Crippen LogP contribution in [0.15, 0.2) is 24.3 Å². The van der Waals surface area contributed by atoms with Crippen molar-refractivity contribution < 1.29 is 22.8 Å². The molecule has 0 atom stereocenters. The third-order valence-electron chi connectivity index (χ3n) is 2.28. The topological polar surface area (TPSA) is 49.4 Å². The molecule has 0 aliphatic carbocycles. The molecule has 1 aromatic carbocycles. The van der Waals surface area contributed by atoms with Crippen LogP contribution in [0.2, 0.25) is 0 Å². The van der Waals surface area contributed by atoms with Gasteiger partial charge in [-0.1, -0.05) is 12.1 Å². The van der Waals surface area contributed by atoms with Crippen LogP contribution in [-0.2, 0) is 0 Å². The van der Waals surface area contributed by atoms with Gasteiger partial charge in [-0.05, 0) is 19.1 Å². The van der Waals surface area contributed by atoms with E-state index in [0.29, 0.717) is 10.5 Å². The molecule has 0 saturated carbocycles. The summed E-state index contributed by atoms with van der Waals surface area (Å²) in [6.45, 7) is 0.0158. The van der Waals surface area contributed by atoms with Gasteiger partial charge >= 0.3 is 12.2 Å². The highest BCUT2D eigenvalue weighted by Crippen LogP contribution is 2.17. The van der Waals surface area contributed by atoms with E-state index in [1.807, 2.05) is 0 Å². The first-order chi connectivity index (χ1) is 8.69. The second kappa shape index (κ2) is 5.73. The van der Waals surface area contributed by atoms with Gasteiger partial charge in [0.15, 0.2) is 5.78 Å². The van der Waals surface area contributed by atoms with Crippen molar-refractivity contribution >= 4 is 17.5 Å². The average molecular weight is 274 g/mol. The zero-order chi connectivity index (χ0) is 14.6. The van der Waals surface area contributed by atoms with Gasteiger partial charge in [-0.15, -0.1) is 0 Å². The van der Waals surface area contributed by atoms with E-state index >= 15 is 0 Å². The second-order valence-corrected chi connectivity index (χ2v) is 4.04. The van der Waals surface area contributed by atoms with E-state index in [4.69, 9.17) is 0 Å². The molecule has 0 heterocycles. The Morgan fingerprint density at radius 1 is 1.32 bits per heavy atom. The number of ketones is 1. The summed E-state index contributed by atoms with van der Waals surface area (Å²) in [4.78, 5) is 23.1. The maximum Gasteiger partial charge on any atom is 0.406 e. The van der Waals surface area contributed by atoms with Crippen molar-refractivity contribution in [1.82, 2.24) is 4.90 Å². The number of hydrogen-bond donors (Lipinski definition) is 1. The van der Waals surface area contributed by atoms with Gasteiger partial charge in [-0.2, -0.15) is 13.2 Å². The fraction of sp³-hybridized carbons (Fsp3) is 0.333. The lowest BCUT2D eigenvalue weighted by Gasteiger charge is -2.19. The molecule has 0 bridgehead atoms. The van der Waals surface area contributed by atoms with Crippen LogP contribution in [0.5, 0.6) is 0 Å². The number of carbonyl (C=O) groups is 2. The van der Waals surface area contributed by atoms with E-state index in [-0.39, 0.29) is 11.5 Å². The Morgan fingerprint density at radius 3 is 2.47 bits per heavy atom. The van der Waals surface area contributed by atoms with E-state index in [9.17, 15) is 22.8 Å². The predicted octanol–water partition coefficient (Wildman–Crippen LogP) is 2.92. The molecule has 2 amide bonds. The fourth-order valence-electron chi connectivity index (χ4n) is 1.38. The molecule has 0 radical (unpaired) electrons. The zero-order valence-corrected chi connectivity index (χ0v) is 10.4. The van der Waals surface area contributed by atoms with Crippen molar-refractivity contribution in [3.63, 3.8) is 0 Å². The van der Waals surface area contributed by atoms with Gasteiger partial charge in [0.25, 0.3) is 0 Å². The summed E-state index contributed by atoms with van der Waals surface area (Å²) >= 11 is 0. The highest BCUT2D eigenvalue weighted by Gasteiger charge is 2.31. The summed E-state index contributed by atoms with van der Waals surface area (Å²) in [5.41, 5.74) is 0.642. The van der Waals surface area contributed by atoms with Gasteiger partial charge in [0, 0.05) is 18.3 Å². The second-order valence-electron chi connectivity index (χ2n) is 4.04. The Kier molecular flexibility index (Phi) is 4.52. The summed E-state index contributed by atoms with van der Waals surface area (Å²) in [5.74, 6) is -0.195. The lowest BCUT2D eigenvalue weighted by molar-refractivity contribution is -0.137. The van der Waals surface area contributed by atoms with Crippen molar-refractivity contribution in [2.24, 2.45) is 0 Å². The monoisotopic (exact) mass is 274 g/mol. The predicted molar refractivity (Wildman–Crippen MR) is 64.2 cm³/mol. The number of nitrogens with zero attached hydrogens (tertiary/aromatic N) is 1. The van der Waals surface area contributed by atoms with E-state index in [1.165, 1.54) is 25.1 Å². The molecule has 0 fully saturated rings. The number of anilines is 1. The Balaban J connectivity index is 2.71. The summed E-state index contributed by atoms with van der Waals surface area (Å²) in [5, 5.41) is 2.29. The molecule has 0 aliphatic heterocycles. The molecule has 1 rings (SSSR count).